The van der Waals surface area contributed by atoms with Crippen molar-refractivity contribution < 1.29 is 4.79 Å². The fraction of sp³-hybridized carbons (Fsp3) is 0.200. The van der Waals surface area contributed by atoms with E-state index in [9.17, 15) is 4.79 Å². The zero-order valence-corrected chi connectivity index (χ0v) is 15.5. The molecule has 2 aromatic carbocycles. The Balaban J connectivity index is 1.49. The number of hydrogen-bond donors (Lipinski definition) is 1. The molecule has 3 aromatic rings. The van der Waals surface area contributed by atoms with Crippen molar-refractivity contribution in [2.24, 2.45) is 0 Å². The zero-order valence-electron chi connectivity index (χ0n) is 14.0. The van der Waals surface area contributed by atoms with Gasteiger partial charge in [0.1, 0.15) is 5.01 Å². The normalized spacial score (nSPS) is 10.6. The van der Waals surface area contributed by atoms with Crippen LogP contribution in [0.25, 0.3) is 10.6 Å². The van der Waals surface area contributed by atoms with Crippen molar-refractivity contribution in [1.29, 1.82) is 0 Å². The number of aryl methyl sites for hydroxylation is 2. The molecule has 0 aliphatic heterocycles. The number of rotatable bonds is 6. The van der Waals surface area contributed by atoms with Crippen molar-refractivity contribution in [2.75, 3.05) is 0 Å². The third kappa shape index (κ3) is 4.91. The Hall–Kier alpha value is -2.17. The summed E-state index contributed by atoms with van der Waals surface area (Å²) in [5, 5.41) is 6.64. The molecule has 0 fully saturated rings. The van der Waals surface area contributed by atoms with Crippen LogP contribution in [0.2, 0.25) is 5.02 Å². The molecule has 1 heterocycles. The lowest BCUT2D eigenvalue weighted by atomic mass is 10.1. The molecule has 0 bridgehead atoms. The first-order valence-corrected chi connectivity index (χ1v) is 9.39. The SMILES string of the molecule is Cc1ccc(CCC(=O)NCc2csc(-c3ccccc3)n2)cc1Cl. The number of nitrogens with one attached hydrogen (secondary N) is 1. The summed E-state index contributed by atoms with van der Waals surface area (Å²) < 4.78 is 0. The monoisotopic (exact) mass is 370 g/mol. The van der Waals surface area contributed by atoms with E-state index in [4.69, 9.17) is 11.6 Å². The second-order valence-electron chi connectivity index (χ2n) is 5.87. The summed E-state index contributed by atoms with van der Waals surface area (Å²) in [5.74, 6) is 0.0194. The van der Waals surface area contributed by atoms with Gasteiger partial charge in [-0.1, -0.05) is 54.1 Å². The van der Waals surface area contributed by atoms with Crippen molar-refractivity contribution in [2.45, 2.75) is 26.3 Å². The van der Waals surface area contributed by atoms with Crippen LogP contribution in [0.15, 0.2) is 53.9 Å². The lowest BCUT2D eigenvalue weighted by Gasteiger charge is -2.05. The molecule has 5 heteroatoms. The summed E-state index contributed by atoms with van der Waals surface area (Å²) in [6.07, 6.45) is 1.12. The predicted octanol–water partition coefficient (Wildman–Crippen LogP) is 5.02. The van der Waals surface area contributed by atoms with Crippen LogP contribution >= 0.6 is 22.9 Å². The largest absolute Gasteiger partial charge is 0.350 e. The topological polar surface area (TPSA) is 42.0 Å². The van der Waals surface area contributed by atoms with Gasteiger partial charge in [-0.05, 0) is 30.5 Å². The van der Waals surface area contributed by atoms with Crippen LogP contribution < -0.4 is 5.32 Å². The smallest absolute Gasteiger partial charge is 0.220 e. The first kappa shape index (κ1) is 17.6. The quantitative estimate of drug-likeness (QED) is 0.661. The van der Waals surface area contributed by atoms with E-state index in [0.717, 1.165) is 32.4 Å². The molecule has 1 aromatic heterocycles. The van der Waals surface area contributed by atoms with Crippen molar-refractivity contribution in [3.8, 4) is 10.6 Å². The Kier molecular flexibility index (Phi) is 5.84. The van der Waals surface area contributed by atoms with Gasteiger partial charge in [-0.2, -0.15) is 0 Å². The maximum atomic E-state index is 12.0. The predicted molar refractivity (Wildman–Crippen MR) is 104 cm³/mol. The van der Waals surface area contributed by atoms with E-state index < -0.39 is 0 Å². The second-order valence-corrected chi connectivity index (χ2v) is 7.14. The summed E-state index contributed by atoms with van der Waals surface area (Å²) in [5.41, 5.74) is 4.11. The molecule has 1 amide bonds. The van der Waals surface area contributed by atoms with Gasteiger partial charge in [0, 0.05) is 22.4 Å². The second kappa shape index (κ2) is 8.28. The molecule has 3 rings (SSSR count). The summed E-state index contributed by atoms with van der Waals surface area (Å²) in [4.78, 5) is 16.6. The first-order valence-electron chi connectivity index (χ1n) is 8.13. The highest BCUT2D eigenvalue weighted by molar-refractivity contribution is 7.13. The lowest BCUT2D eigenvalue weighted by Crippen LogP contribution is -2.23. The number of carbonyl (C=O) groups excluding carboxylic acids is 1. The molecule has 0 aliphatic carbocycles. The average Bonchev–Trinajstić information content (AvgIpc) is 3.11. The molecule has 0 atom stereocenters. The van der Waals surface area contributed by atoms with Gasteiger partial charge in [0.25, 0.3) is 0 Å². The summed E-state index contributed by atoms with van der Waals surface area (Å²) >= 11 is 7.71. The molecule has 0 saturated carbocycles. The Morgan fingerprint density at radius 1 is 1.20 bits per heavy atom. The zero-order chi connectivity index (χ0) is 17.6. The molecule has 25 heavy (non-hydrogen) atoms. The van der Waals surface area contributed by atoms with E-state index in [0.29, 0.717) is 19.4 Å². The maximum absolute atomic E-state index is 12.0. The minimum Gasteiger partial charge on any atom is -0.350 e. The lowest BCUT2D eigenvalue weighted by molar-refractivity contribution is -0.121. The number of aromatic nitrogens is 1. The van der Waals surface area contributed by atoms with Gasteiger partial charge in [0.15, 0.2) is 0 Å². The summed E-state index contributed by atoms with van der Waals surface area (Å²) in [6.45, 7) is 2.42. The molecule has 3 nitrogen and oxygen atoms in total. The van der Waals surface area contributed by atoms with Gasteiger partial charge < -0.3 is 5.32 Å². The van der Waals surface area contributed by atoms with Crippen LogP contribution in [0.5, 0.6) is 0 Å². The van der Waals surface area contributed by atoms with Gasteiger partial charge in [-0.3, -0.25) is 4.79 Å². The molecular weight excluding hydrogens is 352 g/mol. The minimum atomic E-state index is 0.0194. The Labute approximate surface area is 156 Å². The standard InChI is InChI=1S/C20H19ClN2OS/c1-14-7-8-15(11-18(14)21)9-10-19(24)22-12-17-13-25-20(23-17)16-5-3-2-4-6-16/h2-8,11,13H,9-10,12H2,1H3,(H,22,24). The van der Waals surface area contributed by atoms with E-state index in [1.54, 1.807) is 11.3 Å². The van der Waals surface area contributed by atoms with Gasteiger partial charge in [0.2, 0.25) is 5.91 Å². The number of amides is 1. The molecule has 0 saturated heterocycles. The number of nitrogens with zero attached hydrogens (tertiary/aromatic N) is 1. The molecule has 0 spiro atoms. The third-order valence-corrected chi connectivity index (χ3v) is 5.26. The maximum Gasteiger partial charge on any atom is 0.220 e. The molecule has 128 valence electrons. The van der Waals surface area contributed by atoms with Gasteiger partial charge in [-0.25, -0.2) is 4.98 Å². The number of thiazole rings is 1. The highest BCUT2D eigenvalue weighted by Gasteiger charge is 2.07. The molecule has 0 radical (unpaired) electrons. The van der Waals surface area contributed by atoms with Crippen molar-refractivity contribution in [1.82, 2.24) is 10.3 Å². The van der Waals surface area contributed by atoms with E-state index in [1.807, 2.05) is 60.8 Å². The number of benzene rings is 2. The number of halogens is 1. The van der Waals surface area contributed by atoms with Crippen LogP contribution in [0.3, 0.4) is 0 Å². The van der Waals surface area contributed by atoms with Gasteiger partial charge >= 0.3 is 0 Å². The first-order chi connectivity index (χ1) is 12.1. The van der Waals surface area contributed by atoms with Crippen LogP contribution in [0.1, 0.15) is 23.2 Å². The van der Waals surface area contributed by atoms with Gasteiger partial charge in [0.05, 0.1) is 12.2 Å². The van der Waals surface area contributed by atoms with Crippen LogP contribution in [-0.4, -0.2) is 10.9 Å². The average molecular weight is 371 g/mol. The Bertz CT molecular complexity index is 861. The highest BCUT2D eigenvalue weighted by Crippen LogP contribution is 2.23. The summed E-state index contributed by atoms with van der Waals surface area (Å²) in [7, 11) is 0. The summed E-state index contributed by atoms with van der Waals surface area (Å²) in [6, 6.07) is 16.0. The van der Waals surface area contributed by atoms with Crippen LogP contribution in [-0.2, 0) is 17.8 Å². The fourth-order valence-electron chi connectivity index (χ4n) is 2.43. The van der Waals surface area contributed by atoms with E-state index >= 15 is 0 Å². The molecule has 0 unspecified atom stereocenters. The van der Waals surface area contributed by atoms with E-state index in [-0.39, 0.29) is 5.91 Å². The Morgan fingerprint density at radius 2 is 2.00 bits per heavy atom. The van der Waals surface area contributed by atoms with Crippen LogP contribution in [0, 0.1) is 6.92 Å². The third-order valence-electron chi connectivity index (χ3n) is 3.92. The Morgan fingerprint density at radius 3 is 2.76 bits per heavy atom. The molecule has 0 aliphatic rings. The van der Waals surface area contributed by atoms with E-state index in [2.05, 4.69) is 10.3 Å². The van der Waals surface area contributed by atoms with Gasteiger partial charge in [-0.15, -0.1) is 11.3 Å². The van der Waals surface area contributed by atoms with Crippen LogP contribution in [0.4, 0.5) is 0 Å². The van der Waals surface area contributed by atoms with Crippen molar-refractivity contribution >= 4 is 28.8 Å². The van der Waals surface area contributed by atoms with Crippen molar-refractivity contribution in [3.05, 3.63) is 75.8 Å². The van der Waals surface area contributed by atoms with Crippen molar-refractivity contribution in [3.63, 3.8) is 0 Å². The van der Waals surface area contributed by atoms with E-state index in [1.165, 1.54) is 0 Å². The minimum absolute atomic E-state index is 0.0194. The number of hydrogen-bond acceptors (Lipinski definition) is 3. The number of carbonyl (C=O) groups is 1. The highest BCUT2D eigenvalue weighted by atomic mass is 35.5. The molecular formula is C20H19ClN2OS. The molecule has 1 N–H and O–H groups in total. The fourth-order valence-corrected chi connectivity index (χ4v) is 3.46.